The zero-order valence-corrected chi connectivity index (χ0v) is 16.3. The first kappa shape index (κ1) is 19.1. The number of tetrazole rings is 1. The maximum absolute atomic E-state index is 12.4. The molecule has 0 atom stereocenters. The zero-order valence-electron chi connectivity index (χ0n) is 14.7. The minimum atomic E-state index is -3.35. The van der Waals surface area contributed by atoms with E-state index < -0.39 is 10.0 Å². The molecule has 0 aliphatic rings. The van der Waals surface area contributed by atoms with Crippen LogP contribution in [0.15, 0.2) is 53.7 Å². The Morgan fingerprint density at radius 3 is 2.59 bits per heavy atom. The van der Waals surface area contributed by atoms with Gasteiger partial charge in [-0.1, -0.05) is 23.9 Å². The summed E-state index contributed by atoms with van der Waals surface area (Å²) in [5, 5.41) is 12.2. The highest BCUT2D eigenvalue weighted by Gasteiger charge is 2.13. The van der Waals surface area contributed by atoms with E-state index in [4.69, 9.17) is 0 Å². The van der Waals surface area contributed by atoms with Gasteiger partial charge in [-0.05, 0) is 59.3 Å². The van der Waals surface area contributed by atoms with E-state index in [9.17, 15) is 13.2 Å². The number of aromatic nitrogens is 4. The fraction of sp³-hybridized carbons (Fsp3) is 0.176. The van der Waals surface area contributed by atoms with Crippen molar-refractivity contribution < 1.29 is 13.2 Å². The van der Waals surface area contributed by atoms with Crippen molar-refractivity contribution in [1.82, 2.24) is 20.2 Å². The first-order valence-corrected chi connectivity index (χ1v) is 10.8. The van der Waals surface area contributed by atoms with E-state index in [1.54, 1.807) is 28.9 Å². The summed E-state index contributed by atoms with van der Waals surface area (Å²) < 4.78 is 26.4. The van der Waals surface area contributed by atoms with Crippen molar-refractivity contribution >= 4 is 33.3 Å². The Bertz CT molecular complexity index is 1060. The lowest BCUT2D eigenvalue weighted by Crippen LogP contribution is -2.10. The Kier molecular flexibility index (Phi) is 5.57. The second-order valence-corrected chi connectivity index (χ2v) is 8.57. The lowest BCUT2D eigenvalue weighted by molar-refractivity contribution is 0.102. The van der Waals surface area contributed by atoms with Gasteiger partial charge in [-0.25, -0.2) is 8.42 Å². The van der Waals surface area contributed by atoms with Crippen molar-refractivity contribution in [3.63, 3.8) is 0 Å². The van der Waals surface area contributed by atoms with E-state index >= 15 is 0 Å². The van der Waals surface area contributed by atoms with Gasteiger partial charge in [-0.2, -0.15) is 4.68 Å². The predicted molar refractivity (Wildman–Crippen MR) is 104 cm³/mol. The number of Topliss-reactive ketones (excluding diaryl/α,β-unsaturated/α-hetero) is 1. The SMILES string of the molecule is Cc1cccc(-n2nnnc2SCC(=O)c2ccc(NS(C)(=O)=O)cc2)c1. The quantitative estimate of drug-likeness (QED) is 0.476. The van der Waals surface area contributed by atoms with E-state index in [1.807, 2.05) is 31.2 Å². The lowest BCUT2D eigenvalue weighted by Gasteiger charge is -2.06. The van der Waals surface area contributed by atoms with Crippen molar-refractivity contribution in [3.8, 4) is 5.69 Å². The van der Waals surface area contributed by atoms with E-state index in [1.165, 1.54) is 11.8 Å². The van der Waals surface area contributed by atoms with Gasteiger partial charge in [-0.3, -0.25) is 9.52 Å². The highest BCUT2D eigenvalue weighted by Crippen LogP contribution is 2.20. The number of thioether (sulfide) groups is 1. The van der Waals surface area contributed by atoms with Crippen molar-refractivity contribution in [2.45, 2.75) is 12.1 Å². The van der Waals surface area contributed by atoms with Crippen LogP contribution in [0.4, 0.5) is 5.69 Å². The predicted octanol–water partition coefficient (Wildman–Crippen LogP) is 2.32. The van der Waals surface area contributed by atoms with E-state index in [2.05, 4.69) is 20.2 Å². The molecule has 0 radical (unpaired) electrons. The molecule has 3 rings (SSSR count). The average molecular weight is 403 g/mol. The van der Waals surface area contributed by atoms with Crippen LogP contribution in [-0.2, 0) is 10.0 Å². The van der Waals surface area contributed by atoms with Crippen molar-refractivity contribution in [1.29, 1.82) is 0 Å². The molecule has 10 heteroatoms. The normalized spacial score (nSPS) is 11.3. The second kappa shape index (κ2) is 7.89. The van der Waals surface area contributed by atoms with Gasteiger partial charge in [-0.15, -0.1) is 5.10 Å². The summed E-state index contributed by atoms with van der Waals surface area (Å²) in [5.74, 6) is 0.0510. The van der Waals surface area contributed by atoms with Gasteiger partial charge < -0.3 is 0 Å². The standard InChI is InChI=1S/C17H17N5O3S2/c1-12-4-3-5-15(10-12)22-17(18-20-21-22)26-11-16(23)13-6-8-14(9-7-13)19-27(2,24)25/h3-10,19H,11H2,1-2H3. The Hall–Kier alpha value is -2.72. The molecular formula is C17H17N5O3S2. The van der Waals surface area contributed by atoms with Crippen molar-refractivity contribution in [3.05, 3.63) is 59.7 Å². The second-order valence-electron chi connectivity index (χ2n) is 5.88. The molecule has 0 aliphatic carbocycles. The molecule has 0 saturated carbocycles. The molecular weight excluding hydrogens is 386 g/mol. The summed E-state index contributed by atoms with van der Waals surface area (Å²) in [6.45, 7) is 1.98. The molecule has 27 heavy (non-hydrogen) atoms. The highest BCUT2D eigenvalue weighted by molar-refractivity contribution is 7.99. The molecule has 0 unspecified atom stereocenters. The first-order chi connectivity index (χ1) is 12.8. The minimum Gasteiger partial charge on any atom is -0.293 e. The topological polar surface area (TPSA) is 107 Å². The van der Waals surface area contributed by atoms with Crippen LogP contribution in [0, 0.1) is 6.92 Å². The molecule has 1 heterocycles. The Balaban J connectivity index is 1.67. The van der Waals surface area contributed by atoms with Gasteiger partial charge in [0.1, 0.15) is 0 Å². The van der Waals surface area contributed by atoms with E-state index in [-0.39, 0.29) is 11.5 Å². The number of benzene rings is 2. The van der Waals surface area contributed by atoms with Crippen LogP contribution in [0.5, 0.6) is 0 Å². The first-order valence-electron chi connectivity index (χ1n) is 7.91. The van der Waals surface area contributed by atoms with Gasteiger partial charge in [0.15, 0.2) is 5.78 Å². The van der Waals surface area contributed by atoms with Crippen LogP contribution in [0.1, 0.15) is 15.9 Å². The minimum absolute atomic E-state index is 0.107. The lowest BCUT2D eigenvalue weighted by atomic mass is 10.1. The maximum atomic E-state index is 12.4. The fourth-order valence-corrected chi connectivity index (χ4v) is 3.69. The largest absolute Gasteiger partial charge is 0.293 e. The molecule has 3 aromatic rings. The number of hydrogen-bond acceptors (Lipinski definition) is 7. The smallest absolute Gasteiger partial charge is 0.229 e. The third kappa shape index (κ3) is 5.14. The summed E-state index contributed by atoms with van der Waals surface area (Å²) >= 11 is 1.24. The number of hydrogen-bond donors (Lipinski definition) is 1. The van der Waals surface area contributed by atoms with E-state index in [0.717, 1.165) is 17.5 Å². The molecule has 1 N–H and O–H groups in total. The number of anilines is 1. The third-order valence-electron chi connectivity index (χ3n) is 3.53. The van der Waals surface area contributed by atoms with Crippen LogP contribution in [0.2, 0.25) is 0 Å². The molecule has 2 aromatic carbocycles. The number of rotatable bonds is 7. The molecule has 0 spiro atoms. The molecule has 0 aliphatic heterocycles. The Labute approximate surface area is 161 Å². The van der Waals surface area contributed by atoms with Crippen molar-refractivity contribution in [2.24, 2.45) is 0 Å². The molecule has 0 amide bonds. The number of aryl methyl sites for hydroxylation is 1. The highest BCUT2D eigenvalue weighted by atomic mass is 32.2. The molecule has 140 valence electrons. The van der Waals surface area contributed by atoms with Crippen LogP contribution >= 0.6 is 11.8 Å². The summed E-state index contributed by atoms with van der Waals surface area (Å²) in [4.78, 5) is 12.4. The van der Waals surface area contributed by atoms with Gasteiger partial charge >= 0.3 is 0 Å². The van der Waals surface area contributed by atoms with Gasteiger partial charge in [0.05, 0.1) is 17.7 Å². The Morgan fingerprint density at radius 1 is 1.19 bits per heavy atom. The van der Waals surface area contributed by atoms with Gasteiger partial charge in [0.25, 0.3) is 0 Å². The van der Waals surface area contributed by atoms with Crippen molar-refractivity contribution in [2.75, 3.05) is 16.7 Å². The fourth-order valence-electron chi connectivity index (χ4n) is 2.34. The Morgan fingerprint density at radius 2 is 1.93 bits per heavy atom. The summed E-state index contributed by atoms with van der Waals surface area (Å²) in [6.07, 6.45) is 1.07. The van der Waals surface area contributed by atoms with Gasteiger partial charge in [0, 0.05) is 11.3 Å². The van der Waals surface area contributed by atoms with Crippen LogP contribution in [-0.4, -0.2) is 46.4 Å². The summed E-state index contributed by atoms with van der Waals surface area (Å²) in [6, 6.07) is 14.0. The molecule has 0 fully saturated rings. The molecule has 8 nitrogen and oxygen atoms in total. The van der Waals surface area contributed by atoms with Crippen LogP contribution < -0.4 is 4.72 Å². The van der Waals surface area contributed by atoms with E-state index in [0.29, 0.717) is 16.4 Å². The number of carbonyl (C=O) groups excluding carboxylic acids is 1. The number of nitrogens with one attached hydrogen (secondary N) is 1. The van der Waals surface area contributed by atoms with Crippen LogP contribution in [0.25, 0.3) is 5.69 Å². The number of sulfonamides is 1. The molecule has 1 aromatic heterocycles. The number of nitrogens with zero attached hydrogens (tertiary/aromatic N) is 4. The molecule has 0 saturated heterocycles. The number of ketones is 1. The maximum Gasteiger partial charge on any atom is 0.229 e. The molecule has 0 bridgehead atoms. The van der Waals surface area contributed by atoms with Crippen LogP contribution in [0.3, 0.4) is 0 Å². The number of carbonyl (C=O) groups is 1. The summed E-state index contributed by atoms with van der Waals surface area (Å²) in [7, 11) is -3.35. The average Bonchev–Trinajstić information content (AvgIpc) is 3.07. The monoisotopic (exact) mass is 403 g/mol. The zero-order chi connectivity index (χ0) is 19.4. The summed E-state index contributed by atoms with van der Waals surface area (Å²) in [5.41, 5.74) is 2.80. The van der Waals surface area contributed by atoms with Gasteiger partial charge in [0.2, 0.25) is 15.2 Å². The third-order valence-corrected chi connectivity index (χ3v) is 5.06.